The first-order valence-electron chi connectivity index (χ1n) is 9.02. The summed E-state index contributed by atoms with van der Waals surface area (Å²) in [7, 11) is -3.76. The first-order chi connectivity index (χ1) is 14.1. The van der Waals surface area contributed by atoms with E-state index in [4.69, 9.17) is 0 Å². The van der Waals surface area contributed by atoms with E-state index in [2.05, 4.69) is 22.1 Å². The Bertz CT molecular complexity index is 1180. The predicted octanol–water partition coefficient (Wildman–Crippen LogP) is 4.77. The first-order valence-corrected chi connectivity index (χ1v) is 11.5. The van der Waals surface area contributed by atoms with E-state index in [1.807, 2.05) is 54.6 Å². The lowest BCUT2D eigenvalue weighted by Gasteiger charge is -2.11. The second-order valence-electron chi connectivity index (χ2n) is 6.33. The molecule has 7 heteroatoms. The molecule has 0 aliphatic rings. The van der Waals surface area contributed by atoms with Gasteiger partial charge in [-0.25, -0.2) is 0 Å². The quantitative estimate of drug-likeness (QED) is 0.437. The minimum Gasteiger partial charge on any atom is -0.200 e. The Morgan fingerprint density at radius 3 is 2.07 bits per heavy atom. The Kier molecular flexibility index (Phi) is 5.69. The van der Waals surface area contributed by atoms with Crippen LogP contribution in [0, 0.1) is 0 Å². The molecule has 4 aromatic rings. The van der Waals surface area contributed by atoms with Gasteiger partial charge < -0.3 is 0 Å². The van der Waals surface area contributed by atoms with Crippen molar-refractivity contribution in [3.63, 3.8) is 0 Å². The molecule has 0 radical (unpaired) electrons. The molecule has 0 saturated heterocycles. The molecule has 29 heavy (non-hydrogen) atoms. The summed E-state index contributed by atoms with van der Waals surface area (Å²) in [5.74, 6) is 0.748. The van der Waals surface area contributed by atoms with Crippen LogP contribution in [0.4, 0.5) is 0 Å². The van der Waals surface area contributed by atoms with Crippen LogP contribution in [-0.4, -0.2) is 18.3 Å². The largest absolute Gasteiger partial charge is 0.276 e. The van der Waals surface area contributed by atoms with Crippen LogP contribution in [0.15, 0.2) is 107 Å². The van der Waals surface area contributed by atoms with E-state index in [0.29, 0.717) is 5.69 Å². The highest BCUT2D eigenvalue weighted by Gasteiger charge is 2.18. The molecule has 1 N–H and O–H groups in total. The minimum absolute atomic E-state index is 0.188. The molecule has 4 rings (SSSR count). The number of nitrogens with zero attached hydrogens (tertiary/aromatic N) is 2. The van der Waals surface area contributed by atoms with Crippen molar-refractivity contribution in [3.05, 3.63) is 103 Å². The van der Waals surface area contributed by atoms with E-state index in [1.165, 1.54) is 10.4 Å². The van der Waals surface area contributed by atoms with Crippen LogP contribution in [0.1, 0.15) is 5.56 Å². The van der Waals surface area contributed by atoms with Crippen LogP contribution in [-0.2, 0) is 15.8 Å². The molecule has 1 heterocycles. The maximum atomic E-state index is 12.8. The van der Waals surface area contributed by atoms with Gasteiger partial charge >= 0.3 is 0 Å². The SMILES string of the molecule is O=S(=O)(Nn1nc(SCc2ccccc2)cc1-c1ccccc1)c1ccccc1. The minimum atomic E-state index is -3.76. The van der Waals surface area contributed by atoms with E-state index in [0.717, 1.165) is 16.3 Å². The Morgan fingerprint density at radius 2 is 1.41 bits per heavy atom. The molecule has 0 fully saturated rings. The monoisotopic (exact) mass is 421 g/mol. The second-order valence-corrected chi connectivity index (χ2v) is 8.98. The van der Waals surface area contributed by atoms with Crippen LogP contribution >= 0.6 is 11.8 Å². The van der Waals surface area contributed by atoms with Crippen molar-refractivity contribution in [1.82, 2.24) is 9.89 Å². The van der Waals surface area contributed by atoms with Crippen molar-refractivity contribution in [1.29, 1.82) is 0 Å². The third-order valence-corrected chi connectivity index (χ3v) is 6.53. The normalized spacial score (nSPS) is 11.3. The maximum Gasteiger partial charge on any atom is 0.276 e. The molecule has 0 atom stereocenters. The predicted molar refractivity (Wildman–Crippen MR) is 117 cm³/mol. The number of aromatic nitrogens is 2. The molecule has 0 unspecified atom stereocenters. The van der Waals surface area contributed by atoms with Gasteiger partial charge in [0.1, 0.15) is 5.03 Å². The molecule has 0 aliphatic carbocycles. The molecule has 146 valence electrons. The molecule has 0 saturated carbocycles. The zero-order valence-electron chi connectivity index (χ0n) is 15.5. The lowest BCUT2D eigenvalue weighted by molar-refractivity contribution is 0.591. The molecule has 0 aliphatic heterocycles. The zero-order valence-corrected chi connectivity index (χ0v) is 17.1. The summed E-state index contributed by atoms with van der Waals surface area (Å²) in [6.45, 7) is 0. The number of sulfonamides is 1. The van der Waals surface area contributed by atoms with Crippen molar-refractivity contribution in [2.45, 2.75) is 15.7 Å². The standard InChI is InChI=1S/C22H19N3O2S2/c26-29(27,20-14-8-3-9-15-20)24-25-21(19-12-6-2-7-13-19)16-22(23-25)28-17-18-10-4-1-5-11-18/h1-16,24H,17H2. The van der Waals surface area contributed by atoms with Crippen molar-refractivity contribution in [2.75, 3.05) is 4.83 Å². The fourth-order valence-electron chi connectivity index (χ4n) is 2.81. The van der Waals surface area contributed by atoms with Crippen molar-refractivity contribution < 1.29 is 8.42 Å². The Morgan fingerprint density at radius 1 is 0.828 bits per heavy atom. The summed E-state index contributed by atoms with van der Waals surface area (Å²) in [6, 6.07) is 29.9. The number of hydrogen-bond donors (Lipinski definition) is 1. The summed E-state index contributed by atoms with van der Waals surface area (Å²) in [5.41, 5.74) is 2.74. The summed E-state index contributed by atoms with van der Waals surface area (Å²) in [6.07, 6.45) is 0. The third kappa shape index (κ3) is 4.70. The number of thioether (sulfide) groups is 1. The molecular weight excluding hydrogens is 402 g/mol. The molecule has 3 aromatic carbocycles. The van der Waals surface area contributed by atoms with Crippen LogP contribution in [0.25, 0.3) is 11.3 Å². The third-order valence-electron chi connectivity index (χ3n) is 4.25. The first kappa shape index (κ1) is 19.3. The fraction of sp³-hybridized carbons (Fsp3) is 0.0455. The smallest absolute Gasteiger partial charge is 0.200 e. The second kappa shape index (κ2) is 8.55. The highest BCUT2D eigenvalue weighted by atomic mass is 32.2. The molecule has 0 amide bonds. The van der Waals surface area contributed by atoms with Gasteiger partial charge in [0.05, 0.1) is 10.6 Å². The van der Waals surface area contributed by atoms with Crippen LogP contribution in [0.2, 0.25) is 0 Å². The van der Waals surface area contributed by atoms with Crippen LogP contribution in [0.3, 0.4) is 0 Å². The summed E-state index contributed by atoms with van der Waals surface area (Å²) in [5, 5.41) is 5.24. The van der Waals surface area contributed by atoms with E-state index in [-0.39, 0.29) is 4.90 Å². The van der Waals surface area contributed by atoms with Gasteiger partial charge in [-0.3, -0.25) is 0 Å². The zero-order chi connectivity index (χ0) is 20.1. The van der Waals surface area contributed by atoms with E-state index < -0.39 is 10.0 Å². The van der Waals surface area contributed by atoms with Gasteiger partial charge in [-0.2, -0.15) is 18.0 Å². The lowest BCUT2D eigenvalue weighted by Crippen LogP contribution is -2.25. The molecule has 0 bridgehead atoms. The Labute approximate surface area is 174 Å². The molecule has 1 aromatic heterocycles. The van der Waals surface area contributed by atoms with Crippen LogP contribution in [0.5, 0.6) is 0 Å². The highest BCUT2D eigenvalue weighted by Crippen LogP contribution is 2.27. The van der Waals surface area contributed by atoms with Crippen molar-refractivity contribution in [3.8, 4) is 11.3 Å². The number of nitrogens with one attached hydrogen (secondary N) is 1. The Hall–Kier alpha value is -3.03. The van der Waals surface area contributed by atoms with E-state index >= 15 is 0 Å². The van der Waals surface area contributed by atoms with Gasteiger partial charge in [0.15, 0.2) is 0 Å². The Balaban J connectivity index is 1.65. The number of hydrogen-bond acceptors (Lipinski definition) is 4. The molecular formula is C22H19N3O2S2. The topological polar surface area (TPSA) is 64.0 Å². The van der Waals surface area contributed by atoms with Crippen molar-refractivity contribution >= 4 is 21.8 Å². The molecule has 0 spiro atoms. The summed E-state index contributed by atoms with van der Waals surface area (Å²) >= 11 is 1.56. The summed E-state index contributed by atoms with van der Waals surface area (Å²) < 4.78 is 25.6. The average molecular weight is 422 g/mol. The number of rotatable bonds is 7. The maximum absolute atomic E-state index is 12.8. The van der Waals surface area contributed by atoms with Gasteiger partial charge in [-0.15, -0.1) is 5.10 Å². The van der Waals surface area contributed by atoms with Gasteiger partial charge in [0.2, 0.25) is 0 Å². The van der Waals surface area contributed by atoms with Crippen LogP contribution < -0.4 is 4.83 Å². The van der Waals surface area contributed by atoms with Gasteiger partial charge in [-0.05, 0) is 17.7 Å². The van der Waals surface area contributed by atoms with Gasteiger partial charge in [0, 0.05) is 17.4 Å². The number of benzene rings is 3. The average Bonchev–Trinajstić information content (AvgIpc) is 3.16. The van der Waals surface area contributed by atoms with Crippen molar-refractivity contribution in [2.24, 2.45) is 0 Å². The molecule has 5 nitrogen and oxygen atoms in total. The fourth-order valence-corrected chi connectivity index (χ4v) is 4.64. The highest BCUT2D eigenvalue weighted by molar-refractivity contribution is 7.98. The van der Waals surface area contributed by atoms with Gasteiger partial charge in [0.25, 0.3) is 10.0 Å². The van der Waals surface area contributed by atoms with E-state index in [9.17, 15) is 8.42 Å². The summed E-state index contributed by atoms with van der Waals surface area (Å²) in [4.78, 5) is 4.11. The van der Waals surface area contributed by atoms with E-state index in [1.54, 1.807) is 42.1 Å². The van der Waals surface area contributed by atoms with Gasteiger partial charge in [-0.1, -0.05) is 90.6 Å². The lowest BCUT2D eigenvalue weighted by atomic mass is 10.2.